The largest absolute Gasteiger partial charge is 0.379 e. The van der Waals surface area contributed by atoms with Crippen molar-refractivity contribution in [2.24, 2.45) is 0 Å². The summed E-state index contributed by atoms with van der Waals surface area (Å²) in [5.41, 5.74) is 0.741. The van der Waals surface area contributed by atoms with Gasteiger partial charge in [0.2, 0.25) is 5.91 Å². The zero-order chi connectivity index (χ0) is 13.7. The molecule has 0 atom stereocenters. The van der Waals surface area contributed by atoms with Gasteiger partial charge < -0.3 is 15.0 Å². The second-order valence-electron chi connectivity index (χ2n) is 4.71. The summed E-state index contributed by atoms with van der Waals surface area (Å²) in [5.74, 6) is 0.746. The number of hydrogen-bond acceptors (Lipinski definition) is 5. The van der Waals surface area contributed by atoms with Crippen molar-refractivity contribution in [1.29, 1.82) is 0 Å². The summed E-state index contributed by atoms with van der Waals surface area (Å²) >= 11 is 0. The molecule has 6 heteroatoms. The number of pyridine rings is 1. The Balaban J connectivity index is 1.94. The zero-order valence-electron chi connectivity index (χ0n) is 11.4. The monoisotopic (exact) mass is 264 g/mol. The Kier molecular flexibility index (Phi) is 4.70. The van der Waals surface area contributed by atoms with Crippen molar-refractivity contribution in [3.05, 3.63) is 18.3 Å². The summed E-state index contributed by atoms with van der Waals surface area (Å²) in [5, 5.41) is 2.91. The fourth-order valence-corrected chi connectivity index (χ4v) is 2.00. The molecule has 2 heterocycles. The Bertz CT molecular complexity index is 430. The van der Waals surface area contributed by atoms with Crippen LogP contribution in [0.5, 0.6) is 0 Å². The van der Waals surface area contributed by atoms with Crippen LogP contribution in [0.3, 0.4) is 0 Å². The average Bonchev–Trinajstić information content (AvgIpc) is 2.40. The molecule has 0 saturated carbocycles. The predicted octanol–water partition coefficient (Wildman–Crippen LogP) is 0.418. The van der Waals surface area contributed by atoms with Crippen LogP contribution in [0.25, 0.3) is 0 Å². The van der Waals surface area contributed by atoms with Crippen LogP contribution in [-0.4, -0.2) is 62.7 Å². The Labute approximate surface area is 113 Å². The Hall–Kier alpha value is -1.66. The van der Waals surface area contributed by atoms with E-state index in [0.29, 0.717) is 19.8 Å². The van der Waals surface area contributed by atoms with E-state index in [1.54, 1.807) is 6.20 Å². The minimum atomic E-state index is -0.0157. The zero-order valence-corrected chi connectivity index (χ0v) is 11.4. The molecule has 1 aromatic rings. The van der Waals surface area contributed by atoms with Gasteiger partial charge in [0.05, 0.1) is 25.4 Å². The van der Waals surface area contributed by atoms with E-state index in [0.717, 1.165) is 24.6 Å². The summed E-state index contributed by atoms with van der Waals surface area (Å²) < 4.78 is 5.26. The van der Waals surface area contributed by atoms with Gasteiger partial charge in [0.15, 0.2) is 5.82 Å². The van der Waals surface area contributed by atoms with Crippen LogP contribution in [0.2, 0.25) is 0 Å². The summed E-state index contributed by atoms with van der Waals surface area (Å²) in [6.45, 7) is 3.40. The fourth-order valence-electron chi connectivity index (χ4n) is 2.00. The van der Waals surface area contributed by atoms with Gasteiger partial charge in [-0.25, -0.2) is 4.98 Å². The molecule has 0 bridgehead atoms. The van der Waals surface area contributed by atoms with E-state index < -0.39 is 0 Å². The average molecular weight is 264 g/mol. The molecule has 0 aromatic carbocycles. The quantitative estimate of drug-likeness (QED) is 0.854. The summed E-state index contributed by atoms with van der Waals surface area (Å²) in [6.07, 6.45) is 1.72. The van der Waals surface area contributed by atoms with Gasteiger partial charge in [0, 0.05) is 33.4 Å². The van der Waals surface area contributed by atoms with Crippen LogP contribution in [0.4, 0.5) is 11.5 Å². The smallest absolute Gasteiger partial charge is 0.238 e. The van der Waals surface area contributed by atoms with Crippen LogP contribution in [0, 0.1) is 0 Å². The Morgan fingerprint density at radius 3 is 2.89 bits per heavy atom. The van der Waals surface area contributed by atoms with Gasteiger partial charge in [0.1, 0.15) is 0 Å². The third kappa shape index (κ3) is 3.90. The van der Waals surface area contributed by atoms with Crippen molar-refractivity contribution in [2.75, 3.05) is 57.2 Å². The van der Waals surface area contributed by atoms with Gasteiger partial charge in [0.25, 0.3) is 0 Å². The van der Waals surface area contributed by atoms with Crippen molar-refractivity contribution in [3.63, 3.8) is 0 Å². The van der Waals surface area contributed by atoms with Gasteiger partial charge in [-0.2, -0.15) is 0 Å². The number of morpholine rings is 1. The maximum absolute atomic E-state index is 12.0. The van der Waals surface area contributed by atoms with E-state index >= 15 is 0 Å². The topological polar surface area (TPSA) is 57.7 Å². The van der Waals surface area contributed by atoms with E-state index in [1.807, 2.05) is 31.1 Å². The fraction of sp³-hybridized carbons (Fsp3) is 0.538. The van der Waals surface area contributed by atoms with E-state index in [4.69, 9.17) is 4.74 Å². The first-order valence-corrected chi connectivity index (χ1v) is 6.39. The number of ether oxygens (including phenoxy) is 1. The molecule has 1 N–H and O–H groups in total. The molecule has 0 aliphatic carbocycles. The highest BCUT2D eigenvalue weighted by Crippen LogP contribution is 2.20. The third-order valence-corrected chi connectivity index (χ3v) is 2.96. The molecule has 19 heavy (non-hydrogen) atoms. The van der Waals surface area contributed by atoms with Gasteiger partial charge in [-0.05, 0) is 12.1 Å². The normalized spacial score (nSPS) is 16.1. The van der Waals surface area contributed by atoms with Crippen molar-refractivity contribution in [2.45, 2.75) is 0 Å². The number of carbonyl (C=O) groups excluding carboxylic acids is 1. The second kappa shape index (κ2) is 6.49. The SMILES string of the molecule is CN(C)c1ncccc1NC(=O)CN1CCOCC1. The number of rotatable bonds is 4. The molecule has 1 aromatic heterocycles. The van der Waals surface area contributed by atoms with Crippen LogP contribution >= 0.6 is 0 Å². The first kappa shape index (κ1) is 13.8. The minimum absolute atomic E-state index is 0.0157. The van der Waals surface area contributed by atoms with E-state index in [1.165, 1.54) is 0 Å². The summed E-state index contributed by atoms with van der Waals surface area (Å²) in [7, 11) is 3.81. The number of nitrogens with zero attached hydrogens (tertiary/aromatic N) is 3. The lowest BCUT2D eigenvalue weighted by molar-refractivity contribution is -0.118. The van der Waals surface area contributed by atoms with Gasteiger partial charge in [-0.3, -0.25) is 9.69 Å². The second-order valence-corrected chi connectivity index (χ2v) is 4.71. The lowest BCUT2D eigenvalue weighted by Gasteiger charge is -2.26. The highest BCUT2D eigenvalue weighted by atomic mass is 16.5. The van der Waals surface area contributed by atoms with E-state index in [9.17, 15) is 4.79 Å². The van der Waals surface area contributed by atoms with Crippen molar-refractivity contribution >= 4 is 17.4 Å². The number of aromatic nitrogens is 1. The molecule has 0 spiro atoms. The predicted molar refractivity (Wildman–Crippen MR) is 74.5 cm³/mol. The molecule has 1 aliphatic heterocycles. The van der Waals surface area contributed by atoms with Gasteiger partial charge in [-0.1, -0.05) is 0 Å². The highest BCUT2D eigenvalue weighted by molar-refractivity contribution is 5.94. The van der Waals surface area contributed by atoms with Gasteiger partial charge in [-0.15, -0.1) is 0 Å². The van der Waals surface area contributed by atoms with Crippen LogP contribution < -0.4 is 10.2 Å². The molecule has 0 unspecified atom stereocenters. The Morgan fingerprint density at radius 1 is 1.47 bits per heavy atom. The third-order valence-electron chi connectivity index (χ3n) is 2.96. The molecule has 0 radical (unpaired) electrons. The maximum Gasteiger partial charge on any atom is 0.238 e. The maximum atomic E-state index is 12.0. The van der Waals surface area contributed by atoms with Crippen molar-refractivity contribution in [1.82, 2.24) is 9.88 Å². The number of hydrogen-bond donors (Lipinski definition) is 1. The number of anilines is 2. The summed E-state index contributed by atoms with van der Waals surface area (Å²) in [4.78, 5) is 20.2. The molecule has 1 amide bonds. The van der Waals surface area contributed by atoms with Gasteiger partial charge >= 0.3 is 0 Å². The lowest BCUT2D eigenvalue weighted by atomic mass is 10.3. The molecule has 6 nitrogen and oxygen atoms in total. The van der Waals surface area contributed by atoms with Crippen LogP contribution in [0.15, 0.2) is 18.3 Å². The first-order chi connectivity index (χ1) is 9.16. The van der Waals surface area contributed by atoms with Crippen molar-refractivity contribution in [3.8, 4) is 0 Å². The van der Waals surface area contributed by atoms with Crippen LogP contribution in [-0.2, 0) is 9.53 Å². The molecule has 2 rings (SSSR count). The highest BCUT2D eigenvalue weighted by Gasteiger charge is 2.15. The minimum Gasteiger partial charge on any atom is -0.379 e. The summed E-state index contributed by atoms with van der Waals surface area (Å²) in [6, 6.07) is 3.68. The number of carbonyl (C=O) groups is 1. The molecular formula is C13H20N4O2. The lowest BCUT2D eigenvalue weighted by Crippen LogP contribution is -2.41. The van der Waals surface area contributed by atoms with E-state index in [-0.39, 0.29) is 5.91 Å². The molecular weight excluding hydrogens is 244 g/mol. The first-order valence-electron chi connectivity index (χ1n) is 6.39. The molecule has 1 fully saturated rings. The van der Waals surface area contributed by atoms with Crippen molar-refractivity contribution < 1.29 is 9.53 Å². The molecule has 1 saturated heterocycles. The van der Waals surface area contributed by atoms with Crippen LogP contribution in [0.1, 0.15) is 0 Å². The number of nitrogens with one attached hydrogen (secondary N) is 1. The number of amides is 1. The standard InChI is InChI=1S/C13H20N4O2/c1-16(2)13-11(4-3-5-14-13)15-12(18)10-17-6-8-19-9-7-17/h3-5H,6-10H2,1-2H3,(H,15,18). The molecule has 104 valence electrons. The van der Waals surface area contributed by atoms with E-state index in [2.05, 4.69) is 15.2 Å². The Morgan fingerprint density at radius 2 is 2.21 bits per heavy atom. The molecule has 1 aliphatic rings.